The van der Waals surface area contributed by atoms with Crippen molar-refractivity contribution >= 4 is 5.91 Å². The lowest BCUT2D eigenvalue weighted by molar-refractivity contribution is 0.0675. The maximum Gasteiger partial charge on any atom is 0.272 e. The third-order valence-corrected chi connectivity index (χ3v) is 4.32. The minimum Gasteiger partial charge on any atom is -0.337 e. The molecule has 0 N–H and O–H groups in total. The van der Waals surface area contributed by atoms with Crippen molar-refractivity contribution in [2.45, 2.75) is 33.2 Å². The van der Waals surface area contributed by atoms with Crippen LogP contribution in [0.25, 0.3) is 0 Å². The van der Waals surface area contributed by atoms with Gasteiger partial charge >= 0.3 is 0 Å². The molecule has 1 amide bonds. The summed E-state index contributed by atoms with van der Waals surface area (Å²) >= 11 is 0. The molecule has 3 heterocycles. The van der Waals surface area contributed by atoms with E-state index in [1.54, 1.807) is 12.3 Å². The number of amides is 1. The molecular formula is C17H22N4O. The van der Waals surface area contributed by atoms with Crippen molar-refractivity contribution in [3.63, 3.8) is 0 Å². The zero-order chi connectivity index (χ0) is 15.5. The molecule has 0 aliphatic carbocycles. The Labute approximate surface area is 131 Å². The van der Waals surface area contributed by atoms with Crippen LogP contribution in [0.4, 0.5) is 0 Å². The van der Waals surface area contributed by atoms with Gasteiger partial charge in [-0.15, -0.1) is 0 Å². The van der Waals surface area contributed by atoms with Crippen LogP contribution in [0.15, 0.2) is 30.5 Å². The minimum absolute atomic E-state index is 0.0464. The molecule has 0 unspecified atom stereocenters. The summed E-state index contributed by atoms with van der Waals surface area (Å²) in [6.07, 6.45) is 3.72. The van der Waals surface area contributed by atoms with Gasteiger partial charge in [-0.1, -0.05) is 6.07 Å². The van der Waals surface area contributed by atoms with Crippen LogP contribution >= 0.6 is 0 Å². The number of hydrogen-bond donors (Lipinski definition) is 0. The number of hydrogen-bond acceptors (Lipinski definition) is 3. The number of likely N-dealkylation sites (tertiary alicyclic amines) is 1. The van der Waals surface area contributed by atoms with E-state index in [2.05, 4.69) is 27.8 Å². The topological polar surface area (TPSA) is 51.0 Å². The van der Waals surface area contributed by atoms with Gasteiger partial charge in [-0.3, -0.25) is 14.5 Å². The van der Waals surface area contributed by atoms with Gasteiger partial charge in [0.2, 0.25) is 0 Å². The lowest BCUT2D eigenvalue weighted by atomic mass is 9.96. The van der Waals surface area contributed by atoms with Crippen LogP contribution in [0, 0.1) is 19.8 Å². The third kappa shape index (κ3) is 3.18. The van der Waals surface area contributed by atoms with Gasteiger partial charge < -0.3 is 4.90 Å². The number of piperidine rings is 1. The van der Waals surface area contributed by atoms with Gasteiger partial charge in [-0.05, 0) is 50.8 Å². The summed E-state index contributed by atoms with van der Waals surface area (Å²) in [5.74, 6) is 0.635. The first kappa shape index (κ1) is 14.8. The van der Waals surface area contributed by atoms with Gasteiger partial charge in [0.05, 0.1) is 5.69 Å². The van der Waals surface area contributed by atoms with Gasteiger partial charge in [-0.25, -0.2) is 0 Å². The van der Waals surface area contributed by atoms with Crippen molar-refractivity contribution in [2.24, 2.45) is 5.92 Å². The fourth-order valence-corrected chi connectivity index (χ4v) is 3.07. The summed E-state index contributed by atoms with van der Waals surface area (Å²) in [5.41, 5.74) is 2.82. The molecule has 2 aromatic heterocycles. The second-order valence-corrected chi connectivity index (χ2v) is 6.06. The van der Waals surface area contributed by atoms with Gasteiger partial charge in [-0.2, -0.15) is 5.10 Å². The maximum absolute atomic E-state index is 12.4. The van der Waals surface area contributed by atoms with Crippen LogP contribution in [0.1, 0.15) is 34.7 Å². The molecule has 1 aliphatic rings. The summed E-state index contributed by atoms with van der Waals surface area (Å²) < 4.78 is 2.09. The summed E-state index contributed by atoms with van der Waals surface area (Å²) in [6, 6.07) is 7.58. The number of rotatable bonds is 3. The Hall–Kier alpha value is -2.17. The average molecular weight is 298 g/mol. The first-order valence-electron chi connectivity index (χ1n) is 7.85. The van der Waals surface area contributed by atoms with Gasteiger partial charge in [0.1, 0.15) is 5.69 Å². The zero-order valence-corrected chi connectivity index (χ0v) is 13.2. The number of aromatic nitrogens is 3. The van der Waals surface area contributed by atoms with Gasteiger partial charge in [0.15, 0.2) is 0 Å². The van der Waals surface area contributed by atoms with Crippen molar-refractivity contribution in [2.75, 3.05) is 13.1 Å². The van der Waals surface area contributed by atoms with E-state index in [1.807, 2.05) is 24.0 Å². The highest BCUT2D eigenvalue weighted by molar-refractivity contribution is 5.92. The number of nitrogens with zero attached hydrogens (tertiary/aromatic N) is 4. The van der Waals surface area contributed by atoms with E-state index in [0.717, 1.165) is 38.2 Å². The highest BCUT2D eigenvalue weighted by Crippen LogP contribution is 2.21. The van der Waals surface area contributed by atoms with Crippen molar-refractivity contribution in [3.05, 3.63) is 47.5 Å². The van der Waals surface area contributed by atoms with Crippen molar-refractivity contribution in [1.29, 1.82) is 0 Å². The second-order valence-electron chi connectivity index (χ2n) is 6.06. The quantitative estimate of drug-likeness (QED) is 0.874. The van der Waals surface area contributed by atoms with Crippen LogP contribution < -0.4 is 0 Å². The van der Waals surface area contributed by atoms with Gasteiger partial charge in [0.25, 0.3) is 5.91 Å². The monoisotopic (exact) mass is 298 g/mol. The Balaban J connectivity index is 1.56. The van der Waals surface area contributed by atoms with Crippen molar-refractivity contribution in [3.8, 4) is 0 Å². The first-order chi connectivity index (χ1) is 10.6. The predicted molar refractivity (Wildman–Crippen MR) is 84.6 cm³/mol. The molecule has 1 fully saturated rings. The van der Waals surface area contributed by atoms with E-state index in [9.17, 15) is 4.79 Å². The molecule has 1 aliphatic heterocycles. The van der Waals surface area contributed by atoms with Crippen LogP contribution in [0.5, 0.6) is 0 Å². The first-order valence-corrected chi connectivity index (χ1v) is 7.85. The normalized spacial score (nSPS) is 16.0. The van der Waals surface area contributed by atoms with E-state index >= 15 is 0 Å². The summed E-state index contributed by atoms with van der Waals surface area (Å²) in [5, 5.41) is 4.53. The second kappa shape index (κ2) is 6.30. The van der Waals surface area contributed by atoms with E-state index in [1.165, 1.54) is 5.69 Å². The minimum atomic E-state index is 0.0464. The Bertz CT molecular complexity index is 642. The molecule has 0 bridgehead atoms. The van der Waals surface area contributed by atoms with Crippen LogP contribution in [0.2, 0.25) is 0 Å². The SMILES string of the molecule is Cc1cc(C)n(CC2CCN(C(=O)c3ccccn3)CC2)n1. The lowest BCUT2D eigenvalue weighted by Crippen LogP contribution is -2.39. The highest BCUT2D eigenvalue weighted by Gasteiger charge is 2.24. The van der Waals surface area contributed by atoms with Crippen LogP contribution in [0.3, 0.4) is 0 Å². The summed E-state index contributed by atoms with van der Waals surface area (Å²) in [7, 11) is 0. The molecule has 3 rings (SSSR count). The molecule has 0 radical (unpaired) electrons. The molecule has 5 heteroatoms. The maximum atomic E-state index is 12.4. The Morgan fingerprint density at radius 1 is 1.27 bits per heavy atom. The summed E-state index contributed by atoms with van der Waals surface area (Å²) in [6.45, 7) is 6.68. The van der Waals surface area contributed by atoms with Crippen LogP contribution in [-0.4, -0.2) is 38.7 Å². The van der Waals surface area contributed by atoms with Crippen molar-refractivity contribution < 1.29 is 4.79 Å². The third-order valence-electron chi connectivity index (χ3n) is 4.32. The molecule has 5 nitrogen and oxygen atoms in total. The fourth-order valence-electron chi connectivity index (χ4n) is 3.07. The van der Waals surface area contributed by atoms with E-state index in [4.69, 9.17) is 0 Å². The lowest BCUT2D eigenvalue weighted by Gasteiger charge is -2.32. The van der Waals surface area contributed by atoms with E-state index < -0.39 is 0 Å². The Morgan fingerprint density at radius 2 is 2.05 bits per heavy atom. The standard InChI is InChI=1S/C17H22N4O/c1-13-11-14(2)21(19-13)12-15-6-9-20(10-7-15)17(22)16-5-3-4-8-18-16/h3-5,8,11,15H,6-7,9-10,12H2,1-2H3. The largest absolute Gasteiger partial charge is 0.337 e. The Morgan fingerprint density at radius 3 is 2.64 bits per heavy atom. The Kier molecular flexibility index (Phi) is 4.22. The number of carbonyl (C=O) groups is 1. The van der Waals surface area contributed by atoms with Crippen LogP contribution in [-0.2, 0) is 6.54 Å². The van der Waals surface area contributed by atoms with E-state index in [-0.39, 0.29) is 5.91 Å². The number of aryl methyl sites for hydroxylation is 2. The number of carbonyl (C=O) groups excluding carboxylic acids is 1. The number of pyridine rings is 1. The molecule has 116 valence electrons. The van der Waals surface area contributed by atoms with Gasteiger partial charge in [0, 0.05) is 31.5 Å². The molecule has 22 heavy (non-hydrogen) atoms. The molecule has 0 aromatic carbocycles. The molecule has 2 aromatic rings. The average Bonchev–Trinajstić information content (AvgIpc) is 2.86. The van der Waals surface area contributed by atoms with E-state index in [0.29, 0.717) is 11.6 Å². The fraction of sp³-hybridized carbons (Fsp3) is 0.471. The molecule has 1 saturated heterocycles. The molecule has 0 spiro atoms. The molecular weight excluding hydrogens is 276 g/mol. The molecule has 0 atom stereocenters. The predicted octanol–water partition coefficient (Wildman–Crippen LogP) is 2.45. The summed E-state index contributed by atoms with van der Waals surface area (Å²) in [4.78, 5) is 18.4. The zero-order valence-electron chi connectivity index (χ0n) is 13.2. The van der Waals surface area contributed by atoms with Crippen molar-refractivity contribution in [1.82, 2.24) is 19.7 Å². The smallest absolute Gasteiger partial charge is 0.272 e. The highest BCUT2D eigenvalue weighted by atomic mass is 16.2. The molecule has 0 saturated carbocycles.